The quantitative estimate of drug-likeness (QED) is 0.768. The van der Waals surface area contributed by atoms with Gasteiger partial charge in [-0.25, -0.2) is 4.39 Å². The zero-order chi connectivity index (χ0) is 16.4. The number of carbonyl (C=O) groups is 1. The van der Waals surface area contributed by atoms with E-state index in [1.165, 1.54) is 12.1 Å². The summed E-state index contributed by atoms with van der Waals surface area (Å²) in [6.45, 7) is 1.96. The van der Waals surface area contributed by atoms with Gasteiger partial charge in [0.25, 0.3) is 0 Å². The normalized spacial score (nSPS) is 10.7. The standard InChI is InChI=1S/C18H14ClFN2O/c1-11-7-8-16(12-4-3-9-21-18(11)12)22-17(23)10-13-14(19)5-2-6-15(13)20/h2-9H,10H2,1H3,(H,22,23). The lowest BCUT2D eigenvalue weighted by molar-refractivity contribution is -0.115. The molecule has 0 fully saturated rings. The highest BCUT2D eigenvalue weighted by Gasteiger charge is 2.13. The second kappa shape index (κ2) is 6.34. The molecule has 2 aromatic carbocycles. The van der Waals surface area contributed by atoms with Crippen molar-refractivity contribution in [2.45, 2.75) is 13.3 Å². The predicted octanol–water partition coefficient (Wildman–Crippen LogP) is 4.52. The number of pyridine rings is 1. The molecule has 0 saturated carbocycles. The van der Waals surface area contributed by atoms with Gasteiger partial charge in [-0.3, -0.25) is 9.78 Å². The van der Waals surface area contributed by atoms with Gasteiger partial charge in [0.2, 0.25) is 5.91 Å². The molecule has 3 nitrogen and oxygen atoms in total. The number of hydrogen-bond donors (Lipinski definition) is 1. The van der Waals surface area contributed by atoms with E-state index in [-0.39, 0.29) is 22.9 Å². The molecular weight excluding hydrogens is 315 g/mol. The van der Waals surface area contributed by atoms with E-state index in [0.717, 1.165) is 16.5 Å². The van der Waals surface area contributed by atoms with Crippen LogP contribution in [0.15, 0.2) is 48.7 Å². The largest absolute Gasteiger partial charge is 0.325 e. The van der Waals surface area contributed by atoms with E-state index in [2.05, 4.69) is 10.3 Å². The van der Waals surface area contributed by atoms with Crippen LogP contribution in [0.3, 0.4) is 0 Å². The molecule has 0 aliphatic rings. The first-order chi connectivity index (χ1) is 11.1. The molecular formula is C18H14ClFN2O. The third-order valence-electron chi connectivity index (χ3n) is 3.64. The van der Waals surface area contributed by atoms with E-state index < -0.39 is 5.82 Å². The smallest absolute Gasteiger partial charge is 0.228 e. The summed E-state index contributed by atoms with van der Waals surface area (Å²) in [5.74, 6) is -0.811. The fourth-order valence-electron chi connectivity index (χ4n) is 2.48. The number of benzene rings is 2. The summed E-state index contributed by atoms with van der Waals surface area (Å²) in [6, 6.07) is 11.8. The SMILES string of the molecule is Cc1ccc(NC(=O)Cc2c(F)cccc2Cl)c2cccnc12. The van der Waals surface area contributed by atoms with Crippen LogP contribution in [0.5, 0.6) is 0 Å². The second-order valence-electron chi connectivity index (χ2n) is 5.25. The maximum atomic E-state index is 13.8. The topological polar surface area (TPSA) is 42.0 Å². The van der Waals surface area contributed by atoms with Gasteiger partial charge in [0.15, 0.2) is 0 Å². The molecule has 3 aromatic rings. The third-order valence-corrected chi connectivity index (χ3v) is 4.00. The molecule has 0 bridgehead atoms. The fourth-order valence-corrected chi connectivity index (χ4v) is 2.71. The van der Waals surface area contributed by atoms with E-state index in [1.807, 2.05) is 31.2 Å². The summed E-state index contributed by atoms with van der Waals surface area (Å²) >= 11 is 5.96. The van der Waals surface area contributed by atoms with Crippen molar-refractivity contribution in [3.63, 3.8) is 0 Å². The van der Waals surface area contributed by atoms with Gasteiger partial charge in [0.05, 0.1) is 17.6 Å². The van der Waals surface area contributed by atoms with Gasteiger partial charge in [-0.05, 0) is 42.8 Å². The minimum absolute atomic E-state index is 0.124. The number of anilines is 1. The highest BCUT2D eigenvalue weighted by atomic mass is 35.5. The van der Waals surface area contributed by atoms with Crippen molar-refractivity contribution in [3.8, 4) is 0 Å². The van der Waals surface area contributed by atoms with Crippen LogP contribution in [0.25, 0.3) is 10.9 Å². The van der Waals surface area contributed by atoms with Crippen LogP contribution in [0, 0.1) is 12.7 Å². The highest BCUT2D eigenvalue weighted by Crippen LogP contribution is 2.25. The number of halogens is 2. The molecule has 1 heterocycles. The van der Waals surface area contributed by atoms with Gasteiger partial charge < -0.3 is 5.32 Å². The van der Waals surface area contributed by atoms with E-state index in [4.69, 9.17) is 11.6 Å². The van der Waals surface area contributed by atoms with Crippen LogP contribution in [-0.4, -0.2) is 10.9 Å². The van der Waals surface area contributed by atoms with Gasteiger partial charge in [-0.1, -0.05) is 23.7 Å². The van der Waals surface area contributed by atoms with Gasteiger partial charge in [0.1, 0.15) is 5.82 Å². The molecule has 0 aliphatic carbocycles. The van der Waals surface area contributed by atoms with Crippen molar-refractivity contribution in [3.05, 3.63) is 70.6 Å². The average Bonchev–Trinajstić information content (AvgIpc) is 2.54. The molecule has 3 rings (SSSR count). The Hall–Kier alpha value is -2.46. The first kappa shape index (κ1) is 15.4. The molecule has 0 saturated heterocycles. The number of amides is 1. The summed E-state index contributed by atoms with van der Waals surface area (Å²) in [7, 11) is 0. The lowest BCUT2D eigenvalue weighted by Gasteiger charge is -2.11. The van der Waals surface area contributed by atoms with Crippen molar-refractivity contribution < 1.29 is 9.18 Å². The highest BCUT2D eigenvalue weighted by molar-refractivity contribution is 6.31. The fraction of sp³-hybridized carbons (Fsp3) is 0.111. The number of rotatable bonds is 3. The first-order valence-electron chi connectivity index (χ1n) is 7.13. The molecule has 0 unspecified atom stereocenters. The van der Waals surface area contributed by atoms with E-state index in [1.54, 1.807) is 12.3 Å². The lowest BCUT2D eigenvalue weighted by Crippen LogP contribution is -2.16. The van der Waals surface area contributed by atoms with Gasteiger partial charge in [0, 0.05) is 22.2 Å². The zero-order valence-electron chi connectivity index (χ0n) is 12.4. The minimum Gasteiger partial charge on any atom is -0.325 e. The molecule has 0 aliphatic heterocycles. The molecule has 23 heavy (non-hydrogen) atoms. The van der Waals surface area contributed by atoms with Crippen LogP contribution in [-0.2, 0) is 11.2 Å². The number of nitrogens with zero attached hydrogens (tertiary/aromatic N) is 1. The van der Waals surface area contributed by atoms with Crippen LogP contribution < -0.4 is 5.32 Å². The number of aryl methyl sites for hydroxylation is 1. The summed E-state index contributed by atoms with van der Waals surface area (Å²) in [4.78, 5) is 16.6. The van der Waals surface area contributed by atoms with Crippen molar-refractivity contribution >= 4 is 34.1 Å². The number of hydrogen-bond acceptors (Lipinski definition) is 2. The molecule has 0 radical (unpaired) electrons. The molecule has 5 heteroatoms. The Morgan fingerprint density at radius 1 is 1.22 bits per heavy atom. The van der Waals surface area contributed by atoms with Crippen molar-refractivity contribution in [2.24, 2.45) is 0 Å². The third kappa shape index (κ3) is 3.17. The molecule has 0 atom stereocenters. The number of carbonyl (C=O) groups excluding carboxylic acids is 1. The predicted molar refractivity (Wildman–Crippen MR) is 90.2 cm³/mol. The summed E-state index contributed by atoms with van der Waals surface area (Å²) < 4.78 is 13.8. The Morgan fingerprint density at radius 3 is 2.83 bits per heavy atom. The van der Waals surface area contributed by atoms with Crippen LogP contribution in [0.2, 0.25) is 5.02 Å². The maximum Gasteiger partial charge on any atom is 0.228 e. The summed E-state index contributed by atoms with van der Waals surface area (Å²) in [5.41, 5.74) is 2.70. The molecule has 0 spiro atoms. The van der Waals surface area contributed by atoms with Crippen LogP contribution in [0.1, 0.15) is 11.1 Å². The van der Waals surface area contributed by atoms with Crippen LogP contribution >= 0.6 is 11.6 Å². The average molecular weight is 329 g/mol. The van der Waals surface area contributed by atoms with Crippen molar-refractivity contribution in [1.82, 2.24) is 4.98 Å². The van der Waals surface area contributed by atoms with E-state index in [0.29, 0.717) is 5.69 Å². The molecule has 1 N–H and O–H groups in total. The number of fused-ring (bicyclic) bond motifs is 1. The van der Waals surface area contributed by atoms with Crippen LogP contribution in [0.4, 0.5) is 10.1 Å². The van der Waals surface area contributed by atoms with Crippen molar-refractivity contribution in [1.29, 1.82) is 0 Å². The minimum atomic E-state index is -0.483. The molecule has 1 amide bonds. The van der Waals surface area contributed by atoms with Gasteiger partial charge in [-0.15, -0.1) is 0 Å². The van der Waals surface area contributed by atoms with Gasteiger partial charge in [-0.2, -0.15) is 0 Å². The lowest BCUT2D eigenvalue weighted by atomic mass is 10.1. The number of aromatic nitrogens is 1. The van der Waals surface area contributed by atoms with E-state index >= 15 is 0 Å². The molecule has 1 aromatic heterocycles. The molecule has 116 valence electrons. The van der Waals surface area contributed by atoms with E-state index in [9.17, 15) is 9.18 Å². The van der Waals surface area contributed by atoms with Gasteiger partial charge >= 0.3 is 0 Å². The zero-order valence-corrected chi connectivity index (χ0v) is 13.2. The summed E-state index contributed by atoms with van der Waals surface area (Å²) in [5, 5.41) is 3.90. The summed E-state index contributed by atoms with van der Waals surface area (Å²) in [6.07, 6.45) is 1.58. The Balaban J connectivity index is 1.88. The Bertz CT molecular complexity index is 875. The second-order valence-corrected chi connectivity index (χ2v) is 5.66. The monoisotopic (exact) mass is 328 g/mol. The first-order valence-corrected chi connectivity index (χ1v) is 7.51. The Kier molecular flexibility index (Phi) is 4.26. The Labute approximate surface area is 138 Å². The number of nitrogens with one attached hydrogen (secondary N) is 1. The maximum absolute atomic E-state index is 13.8. The Morgan fingerprint density at radius 2 is 2.04 bits per heavy atom. The van der Waals surface area contributed by atoms with Crippen molar-refractivity contribution in [2.75, 3.05) is 5.32 Å².